The number of ether oxygens (including phenoxy) is 4. The Balaban J connectivity index is 0.00000450. The predicted molar refractivity (Wildman–Crippen MR) is 131 cm³/mol. The van der Waals surface area contributed by atoms with Gasteiger partial charge >= 0.3 is 0 Å². The second-order valence-electron chi connectivity index (χ2n) is 7.23. The van der Waals surface area contributed by atoms with E-state index in [9.17, 15) is 0 Å². The number of halogens is 1. The van der Waals surface area contributed by atoms with Crippen molar-refractivity contribution in [3.63, 3.8) is 0 Å². The summed E-state index contributed by atoms with van der Waals surface area (Å²) < 4.78 is 22.3. The molecule has 1 aromatic rings. The normalized spacial score (nSPS) is 15.8. The second-order valence-corrected chi connectivity index (χ2v) is 7.23. The van der Waals surface area contributed by atoms with E-state index >= 15 is 0 Å². The lowest BCUT2D eigenvalue weighted by Gasteiger charge is -2.21. The predicted octanol–water partition coefficient (Wildman–Crippen LogP) is 3.47. The van der Waals surface area contributed by atoms with Gasteiger partial charge in [0, 0.05) is 39.5 Å². The van der Waals surface area contributed by atoms with Gasteiger partial charge in [-0.05, 0) is 63.3 Å². The average molecular weight is 535 g/mol. The molecule has 1 aromatic carbocycles. The number of hydrogen-bond acceptors (Lipinski definition) is 5. The third-order valence-corrected chi connectivity index (χ3v) is 4.70. The lowest BCUT2D eigenvalue weighted by atomic mass is 10.0. The maximum atomic E-state index is 5.91. The second kappa shape index (κ2) is 16.4. The summed E-state index contributed by atoms with van der Waals surface area (Å²) in [7, 11) is 1.65. The number of aliphatic imine (C=N–C) groups is 1. The lowest BCUT2D eigenvalue weighted by Crippen LogP contribution is -2.38. The molecule has 0 bridgehead atoms. The highest BCUT2D eigenvalue weighted by Gasteiger charge is 2.13. The number of benzene rings is 1. The Kier molecular flexibility index (Phi) is 14.7. The van der Waals surface area contributed by atoms with Gasteiger partial charge in [-0.3, -0.25) is 0 Å². The first-order valence-electron chi connectivity index (χ1n) is 10.7. The summed E-state index contributed by atoms with van der Waals surface area (Å²) in [5, 5.41) is 6.63. The zero-order valence-electron chi connectivity index (χ0n) is 18.5. The maximum Gasteiger partial charge on any atom is 0.191 e. The number of hydrogen-bond donors (Lipinski definition) is 2. The third kappa shape index (κ3) is 11.2. The number of methoxy groups -OCH3 is 1. The summed E-state index contributed by atoms with van der Waals surface area (Å²) in [5.74, 6) is 3.09. The van der Waals surface area contributed by atoms with Gasteiger partial charge in [0.15, 0.2) is 5.96 Å². The van der Waals surface area contributed by atoms with Gasteiger partial charge < -0.3 is 29.6 Å². The van der Waals surface area contributed by atoms with Gasteiger partial charge in [0.05, 0.1) is 13.7 Å². The van der Waals surface area contributed by atoms with Crippen molar-refractivity contribution in [2.75, 3.05) is 53.2 Å². The zero-order valence-corrected chi connectivity index (χ0v) is 20.9. The Bertz CT molecular complexity index is 580. The van der Waals surface area contributed by atoms with Gasteiger partial charge in [-0.25, -0.2) is 4.99 Å². The maximum absolute atomic E-state index is 5.91. The summed E-state index contributed by atoms with van der Waals surface area (Å²) in [6, 6.07) is 7.59. The van der Waals surface area contributed by atoms with Crippen LogP contribution in [0.25, 0.3) is 0 Å². The van der Waals surface area contributed by atoms with Crippen molar-refractivity contribution in [3.8, 4) is 11.5 Å². The van der Waals surface area contributed by atoms with E-state index in [1.807, 2.05) is 31.2 Å². The van der Waals surface area contributed by atoms with E-state index in [4.69, 9.17) is 18.9 Å². The van der Waals surface area contributed by atoms with Gasteiger partial charge in [0.2, 0.25) is 0 Å². The van der Waals surface area contributed by atoms with E-state index in [-0.39, 0.29) is 30.1 Å². The van der Waals surface area contributed by atoms with Crippen LogP contribution in [0.3, 0.4) is 0 Å². The Morgan fingerprint density at radius 2 is 1.87 bits per heavy atom. The van der Waals surface area contributed by atoms with Crippen molar-refractivity contribution in [1.29, 1.82) is 0 Å². The first-order chi connectivity index (χ1) is 14.2. The number of nitrogens with zero attached hydrogens (tertiary/aromatic N) is 1. The molecular formula is C22H38IN3O4. The molecule has 0 radical (unpaired) electrons. The van der Waals surface area contributed by atoms with Gasteiger partial charge in [-0.15, -0.1) is 24.0 Å². The van der Waals surface area contributed by atoms with Crippen LogP contribution in [0.1, 0.15) is 33.1 Å². The SMILES string of the molecule is CCNC(=NCC(C)Oc1ccc(OC)cc1)NCCCOCC1CCOCC1.I. The Hall–Kier alpha value is -1.26. The summed E-state index contributed by atoms with van der Waals surface area (Å²) in [6.45, 7) is 9.65. The fraction of sp³-hybridized carbons (Fsp3) is 0.682. The molecule has 1 unspecified atom stereocenters. The number of rotatable bonds is 12. The van der Waals surface area contributed by atoms with Crippen molar-refractivity contribution in [2.45, 2.75) is 39.2 Å². The molecule has 0 saturated carbocycles. The van der Waals surface area contributed by atoms with Crippen LogP contribution in [-0.2, 0) is 9.47 Å². The summed E-state index contributed by atoms with van der Waals surface area (Å²) >= 11 is 0. The van der Waals surface area contributed by atoms with Crippen LogP contribution < -0.4 is 20.1 Å². The van der Waals surface area contributed by atoms with E-state index in [0.29, 0.717) is 12.5 Å². The van der Waals surface area contributed by atoms with Crippen LogP contribution in [0.15, 0.2) is 29.3 Å². The van der Waals surface area contributed by atoms with E-state index in [2.05, 4.69) is 22.5 Å². The molecule has 1 aliphatic heterocycles. The largest absolute Gasteiger partial charge is 0.497 e. The molecule has 7 nitrogen and oxygen atoms in total. The summed E-state index contributed by atoms with van der Waals surface area (Å²) in [5.41, 5.74) is 0. The molecule has 2 N–H and O–H groups in total. The number of guanidine groups is 1. The lowest BCUT2D eigenvalue weighted by molar-refractivity contribution is 0.0203. The Morgan fingerprint density at radius 1 is 1.17 bits per heavy atom. The van der Waals surface area contributed by atoms with E-state index in [1.54, 1.807) is 7.11 Å². The van der Waals surface area contributed by atoms with Gasteiger partial charge in [0.25, 0.3) is 0 Å². The molecule has 2 rings (SSSR count). The topological polar surface area (TPSA) is 73.3 Å². The molecule has 30 heavy (non-hydrogen) atoms. The van der Waals surface area contributed by atoms with E-state index < -0.39 is 0 Å². The summed E-state index contributed by atoms with van der Waals surface area (Å²) in [4.78, 5) is 4.62. The zero-order chi connectivity index (χ0) is 20.7. The minimum atomic E-state index is -0.0262. The highest BCUT2D eigenvalue weighted by atomic mass is 127. The van der Waals surface area contributed by atoms with Gasteiger partial charge in [0.1, 0.15) is 17.6 Å². The van der Waals surface area contributed by atoms with Crippen molar-refractivity contribution in [3.05, 3.63) is 24.3 Å². The molecule has 172 valence electrons. The molecule has 8 heteroatoms. The number of nitrogens with one attached hydrogen (secondary N) is 2. The molecule has 1 saturated heterocycles. The molecule has 1 atom stereocenters. The quantitative estimate of drug-likeness (QED) is 0.185. The van der Waals surface area contributed by atoms with E-state index in [0.717, 1.165) is 76.2 Å². The molecule has 0 spiro atoms. The van der Waals surface area contributed by atoms with Crippen LogP contribution >= 0.6 is 24.0 Å². The Labute approximate surface area is 198 Å². The van der Waals surface area contributed by atoms with Crippen molar-refractivity contribution >= 4 is 29.9 Å². The first-order valence-corrected chi connectivity index (χ1v) is 10.7. The van der Waals surface area contributed by atoms with Gasteiger partial charge in [-0.2, -0.15) is 0 Å². The molecule has 0 amide bonds. The summed E-state index contributed by atoms with van der Waals surface area (Å²) in [6.07, 6.45) is 3.16. The Morgan fingerprint density at radius 3 is 2.53 bits per heavy atom. The van der Waals surface area contributed by atoms with Crippen molar-refractivity contribution in [1.82, 2.24) is 10.6 Å². The molecule has 1 heterocycles. The smallest absolute Gasteiger partial charge is 0.191 e. The fourth-order valence-corrected chi connectivity index (χ4v) is 3.03. The van der Waals surface area contributed by atoms with Crippen LogP contribution in [0.5, 0.6) is 11.5 Å². The molecule has 1 fully saturated rings. The molecule has 0 aliphatic carbocycles. The highest BCUT2D eigenvalue weighted by molar-refractivity contribution is 14.0. The average Bonchev–Trinajstić information content (AvgIpc) is 2.75. The molecule has 0 aromatic heterocycles. The van der Waals surface area contributed by atoms with Crippen LogP contribution in [-0.4, -0.2) is 65.2 Å². The minimum Gasteiger partial charge on any atom is -0.497 e. The molecular weight excluding hydrogens is 497 g/mol. The van der Waals surface area contributed by atoms with Crippen molar-refractivity contribution in [2.24, 2.45) is 10.9 Å². The monoisotopic (exact) mass is 535 g/mol. The standard InChI is InChI=1S/C22H37N3O4.HI/c1-4-23-22(24-12-5-13-28-17-19-10-14-27-15-11-19)25-16-18(2)29-21-8-6-20(26-3)7-9-21;/h6-9,18-19H,4-5,10-17H2,1-3H3,(H2,23,24,25);1H. The molecule has 1 aliphatic rings. The van der Waals surface area contributed by atoms with Crippen molar-refractivity contribution < 1.29 is 18.9 Å². The van der Waals surface area contributed by atoms with Crippen LogP contribution in [0.4, 0.5) is 0 Å². The van der Waals surface area contributed by atoms with Crippen LogP contribution in [0.2, 0.25) is 0 Å². The third-order valence-electron chi connectivity index (χ3n) is 4.70. The fourth-order valence-electron chi connectivity index (χ4n) is 3.03. The van der Waals surface area contributed by atoms with E-state index in [1.165, 1.54) is 0 Å². The van der Waals surface area contributed by atoms with Gasteiger partial charge in [-0.1, -0.05) is 0 Å². The first kappa shape index (κ1) is 26.8. The van der Waals surface area contributed by atoms with Crippen LogP contribution in [0, 0.1) is 5.92 Å². The minimum absolute atomic E-state index is 0. The highest BCUT2D eigenvalue weighted by Crippen LogP contribution is 2.18.